The molecule has 1 aromatic heterocycles. The number of para-hydroxylation sites is 1. The van der Waals surface area contributed by atoms with Crippen LogP contribution in [0.2, 0.25) is 0 Å². The number of allylic oxidation sites excluding steroid dienone is 1. The first-order chi connectivity index (χ1) is 10.7. The van der Waals surface area contributed by atoms with E-state index < -0.39 is 5.97 Å². The number of H-pyrrole nitrogens is 1. The van der Waals surface area contributed by atoms with Crippen LogP contribution in [0.5, 0.6) is 0 Å². The number of aryl methyl sites for hydroxylation is 1. The normalized spacial score (nSPS) is 10.9. The van der Waals surface area contributed by atoms with Crippen molar-refractivity contribution in [1.82, 2.24) is 20.6 Å². The van der Waals surface area contributed by atoms with Crippen molar-refractivity contribution in [2.24, 2.45) is 0 Å². The molecule has 1 aromatic carbocycles. The Bertz CT molecular complexity index is 730. The van der Waals surface area contributed by atoms with Gasteiger partial charge in [0.05, 0.1) is 17.9 Å². The molecule has 8 nitrogen and oxygen atoms in total. The summed E-state index contributed by atoms with van der Waals surface area (Å²) in [5.41, 5.74) is 1.99. The molecule has 0 aliphatic rings. The third kappa shape index (κ3) is 3.27. The van der Waals surface area contributed by atoms with Crippen molar-refractivity contribution in [3.05, 3.63) is 41.4 Å². The molecule has 0 fully saturated rings. The van der Waals surface area contributed by atoms with Gasteiger partial charge in [0.2, 0.25) is 5.82 Å². The zero-order valence-corrected chi connectivity index (χ0v) is 12.1. The predicted octanol–water partition coefficient (Wildman–Crippen LogP) is 1.66. The van der Waals surface area contributed by atoms with Crippen LogP contribution in [0.3, 0.4) is 0 Å². The molecule has 0 aliphatic heterocycles. The Kier molecular flexibility index (Phi) is 4.82. The monoisotopic (exact) mass is 298 g/mol. The highest BCUT2D eigenvalue weighted by molar-refractivity contribution is 5.97. The van der Waals surface area contributed by atoms with E-state index in [-0.39, 0.29) is 18.0 Å². The van der Waals surface area contributed by atoms with Crippen LogP contribution in [0.1, 0.15) is 28.7 Å². The van der Waals surface area contributed by atoms with E-state index in [0.717, 1.165) is 5.56 Å². The molecule has 8 heteroatoms. The van der Waals surface area contributed by atoms with E-state index >= 15 is 0 Å². The van der Waals surface area contributed by atoms with Gasteiger partial charge in [-0.25, -0.2) is 4.79 Å². The third-order valence-corrected chi connectivity index (χ3v) is 2.84. The lowest BCUT2D eigenvalue weighted by Gasteiger charge is -2.11. The summed E-state index contributed by atoms with van der Waals surface area (Å²) in [4.78, 5) is 12.0. The molecule has 0 radical (unpaired) electrons. The second-order valence-corrected chi connectivity index (χ2v) is 4.27. The Hall–Kier alpha value is -3.21. The van der Waals surface area contributed by atoms with Gasteiger partial charge in [0.1, 0.15) is 11.6 Å². The number of aromatic nitrogens is 4. The van der Waals surface area contributed by atoms with Crippen molar-refractivity contribution in [3.63, 3.8) is 0 Å². The summed E-state index contributed by atoms with van der Waals surface area (Å²) < 4.78 is 5.02. The topological polar surface area (TPSA) is 117 Å². The second-order valence-electron chi connectivity index (χ2n) is 4.27. The van der Waals surface area contributed by atoms with Gasteiger partial charge in [-0.2, -0.15) is 10.5 Å². The fourth-order valence-corrected chi connectivity index (χ4v) is 1.81. The molecule has 0 atom stereocenters. The summed E-state index contributed by atoms with van der Waals surface area (Å²) in [5.74, 6) is -0.263. The Morgan fingerprint density at radius 1 is 1.55 bits per heavy atom. The molecule has 0 amide bonds. The van der Waals surface area contributed by atoms with Crippen LogP contribution in [0, 0.1) is 18.3 Å². The fraction of sp³-hybridized carbons (Fsp3) is 0.214. The Morgan fingerprint density at radius 2 is 2.36 bits per heavy atom. The van der Waals surface area contributed by atoms with Crippen molar-refractivity contribution in [2.45, 2.75) is 13.8 Å². The SMILES string of the molecule is CCOC(=O)c1cccc(C)c1NC=C(C#N)c1nn[nH]n1. The minimum atomic E-state index is -0.430. The van der Waals surface area contributed by atoms with E-state index in [0.29, 0.717) is 11.3 Å². The summed E-state index contributed by atoms with van der Waals surface area (Å²) in [6, 6.07) is 7.23. The zero-order valence-electron chi connectivity index (χ0n) is 12.1. The summed E-state index contributed by atoms with van der Waals surface area (Å²) >= 11 is 0. The van der Waals surface area contributed by atoms with Crippen LogP contribution in [0.25, 0.3) is 5.57 Å². The molecule has 0 aliphatic carbocycles. The Balaban J connectivity index is 2.33. The standard InChI is InChI=1S/C14H14N6O2/c1-3-22-14(21)11-6-4-5-9(2)12(11)16-8-10(7-15)13-17-19-20-18-13/h4-6,8,16H,3H2,1-2H3,(H,17,18,19,20). The quantitative estimate of drug-likeness (QED) is 0.636. The van der Waals surface area contributed by atoms with E-state index in [9.17, 15) is 4.79 Å². The fourth-order valence-electron chi connectivity index (χ4n) is 1.81. The van der Waals surface area contributed by atoms with E-state index in [2.05, 4.69) is 25.9 Å². The molecule has 1 heterocycles. The summed E-state index contributed by atoms with van der Waals surface area (Å²) in [7, 11) is 0. The maximum Gasteiger partial charge on any atom is 0.340 e. The maximum absolute atomic E-state index is 12.0. The lowest BCUT2D eigenvalue weighted by molar-refractivity contribution is 0.0527. The molecule has 0 bridgehead atoms. The van der Waals surface area contributed by atoms with E-state index in [1.807, 2.05) is 19.1 Å². The number of carbonyl (C=O) groups excluding carboxylic acids is 1. The second kappa shape index (κ2) is 6.99. The number of hydrogen-bond acceptors (Lipinski definition) is 7. The summed E-state index contributed by atoms with van der Waals surface area (Å²) in [6.45, 7) is 3.87. The van der Waals surface area contributed by atoms with Gasteiger partial charge >= 0.3 is 5.97 Å². The van der Waals surface area contributed by atoms with Crippen LogP contribution in [0.4, 0.5) is 5.69 Å². The number of hydrogen-bond donors (Lipinski definition) is 2. The Morgan fingerprint density at radius 3 is 3.00 bits per heavy atom. The first-order valence-electron chi connectivity index (χ1n) is 6.54. The van der Waals surface area contributed by atoms with Crippen molar-refractivity contribution >= 4 is 17.2 Å². The van der Waals surface area contributed by atoms with Crippen LogP contribution < -0.4 is 5.32 Å². The molecular weight excluding hydrogens is 284 g/mol. The average molecular weight is 298 g/mol. The highest BCUT2D eigenvalue weighted by Gasteiger charge is 2.14. The maximum atomic E-state index is 12.0. The number of nitrogens with zero attached hydrogens (tertiary/aromatic N) is 4. The number of nitrogens with one attached hydrogen (secondary N) is 2. The number of aromatic amines is 1. The number of tetrazole rings is 1. The molecular formula is C14H14N6O2. The smallest absolute Gasteiger partial charge is 0.340 e. The molecule has 0 unspecified atom stereocenters. The lowest BCUT2D eigenvalue weighted by atomic mass is 10.1. The first-order valence-corrected chi connectivity index (χ1v) is 6.54. The highest BCUT2D eigenvalue weighted by atomic mass is 16.5. The number of carbonyl (C=O) groups is 1. The molecule has 2 rings (SSSR count). The van der Waals surface area contributed by atoms with Crippen molar-refractivity contribution in [1.29, 1.82) is 5.26 Å². The molecule has 2 aromatic rings. The molecule has 0 saturated carbocycles. The van der Waals surface area contributed by atoms with Crippen molar-refractivity contribution in [3.8, 4) is 6.07 Å². The predicted molar refractivity (Wildman–Crippen MR) is 78.5 cm³/mol. The number of benzene rings is 1. The highest BCUT2D eigenvalue weighted by Crippen LogP contribution is 2.22. The van der Waals surface area contributed by atoms with E-state index in [4.69, 9.17) is 10.00 Å². The molecule has 112 valence electrons. The van der Waals surface area contributed by atoms with Gasteiger partial charge in [-0.15, -0.1) is 10.2 Å². The number of ether oxygens (including phenoxy) is 1. The van der Waals surface area contributed by atoms with Gasteiger partial charge < -0.3 is 10.1 Å². The molecule has 2 N–H and O–H groups in total. The lowest BCUT2D eigenvalue weighted by Crippen LogP contribution is -2.09. The first kappa shape index (κ1) is 15.2. The van der Waals surface area contributed by atoms with Crippen molar-refractivity contribution < 1.29 is 9.53 Å². The summed E-state index contributed by atoms with van der Waals surface area (Å²) in [5, 5.41) is 25.2. The van der Waals surface area contributed by atoms with Gasteiger partial charge in [0, 0.05) is 6.20 Å². The van der Waals surface area contributed by atoms with Gasteiger partial charge in [0.15, 0.2) is 0 Å². The molecule has 22 heavy (non-hydrogen) atoms. The summed E-state index contributed by atoms with van der Waals surface area (Å²) in [6.07, 6.45) is 1.43. The van der Waals surface area contributed by atoms with Crippen LogP contribution in [-0.4, -0.2) is 33.2 Å². The van der Waals surface area contributed by atoms with Crippen LogP contribution >= 0.6 is 0 Å². The van der Waals surface area contributed by atoms with Crippen LogP contribution in [-0.2, 0) is 4.74 Å². The number of nitriles is 1. The van der Waals surface area contributed by atoms with Gasteiger partial charge in [-0.05, 0) is 30.7 Å². The van der Waals surface area contributed by atoms with Crippen molar-refractivity contribution in [2.75, 3.05) is 11.9 Å². The molecule has 0 saturated heterocycles. The minimum Gasteiger partial charge on any atom is -0.462 e. The van der Waals surface area contributed by atoms with Crippen LogP contribution in [0.15, 0.2) is 24.4 Å². The largest absolute Gasteiger partial charge is 0.462 e. The minimum absolute atomic E-state index is 0.168. The average Bonchev–Trinajstić information content (AvgIpc) is 3.03. The number of esters is 1. The Labute approximate surface area is 126 Å². The number of anilines is 1. The number of rotatable bonds is 5. The van der Waals surface area contributed by atoms with Gasteiger partial charge in [0.25, 0.3) is 0 Å². The van der Waals surface area contributed by atoms with E-state index in [1.54, 1.807) is 19.1 Å². The van der Waals surface area contributed by atoms with Gasteiger partial charge in [-0.3, -0.25) is 0 Å². The van der Waals surface area contributed by atoms with Gasteiger partial charge in [-0.1, -0.05) is 12.1 Å². The third-order valence-electron chi connectivity index (χ3n) is 2.84. The van der Waals surface area contributed by atoms with E-state index in [1.165, 1.54) is 6.20 Å². The molecule has 0 spiro atoms. The zero-order chi connectivity index (χ0) is 15.9.